The van der Waals surface area contributed by atoms with E-state index in [0.717, 1.165) is 44.1 Å². The van der Waals surface area contributed by atoms with Crippen LogP contribution in [-0.4, -0.2) is 42.6 Å². The summed E-state index contributed by atoms with van der Waals surface area (Å²) in [7, 11) is 0. The molecule has 2 rings (SSSR count). The minimum absolute atomic E-state index is 0.859. The van der Waals surface area contributed by atoms with E-state index in [9.17, 15) is 0 Å². The van der Waals surface area contributed by atoms with Crippen LogP contribution in [0.5, 0.6) is 0 Å². The van der Waals surface area contributed by atoms with Gasteiger partial charge in [0.2, 0.25) is 0 Å². The molecule has 1 aromatic rings. The van der Waals surface area contributed by atoms with Gasteiger partial charge < -0.3 is 4.74 Å². The van der Waals surface area contributed by atoms with Gasteiger partial charge in [-0.2, -0.15) is 0 Å². The van der Waals surface area contributed by atoms with Crippen molar-refractivity contribution in [1.29, 1.82) is 0 Å². The summed E-state index contributed by atoms with van der Waals surface area (Å²) in [5.41, 5.74) is 1.19. The average molecular weight is 235 g/mol. The summed E-state index contributed by atoms with van der Waals surface area (Å²) in [4.78, 5) is 3.48. The van der Waals surface area contributed by atoms with E-state index >= 15 is 0 Å². The molecule has 0 aromatic heterocycles. The summed E-state index contributed by atoms with van der Waals surface area (Å²) in [5.74, 6) is 0. The number of morpholine rings is 1. The Hall–Kier alpha value is -0.770. The number of rotatable bonds is 4. The fourth-order valence-electron chi connectivity index (χ4n) is 1.85. The van der Waals surface area contributed by atoms with E-state index in [1.165, 1.54) is 5.56 Å². The van der Waals surface area contributed by atoms with E-state index in [4.69, 9.17) is 17.0 Å². The van der Waals surface area contributed by atoms with Crippen molar-refractivity contribution in [2.45, 2.75) is 6.42 Å². The van der Waals surface area contributed by atoms with Gasteiger partial charge in [-0.05, 0) is 12.0 Å². The summed E-state index contributed by atoms with van der Waals surface area (Å²) in [6, 6.07) is 10.3. The molecule has 86 valence electrons. The Kier molecular flexibility index (Phi) is 4.45. The van der Waals surface area contributed by atoms with Crippen molar-refractivity contribution in [3.8, 4) is 0 Å². The van der Waals surface area contributed by atoms with E-state index in [1.54, 1.807) is 0 Å². The molecule has 1 aliphatic heterocycles. The quantitative estimate of drug-likeness (QED) is 0.586. The zero-order valence-electron chi connectivity index (χ0n) is 9.39. The molecule has 0 N–H and O–H groups in total. The Labute approximate surface area is 102 Å². The molecule has 0 aliphatic carbocycles. The second-order valence-electron chi connectivity index (χ2n) is 3.99. The number of nitrogens with zero attached hydrogens (tertiary/aromatic N) is 1. The number of hydrogen-bond acceptors (Lipinski definition) is 3. The average Bonchev–Trinajstić information content (AvgIpc) is 2.38. The van der Waals surface area contributed by atoms with Crippen LogP contribution < -0.4 is 0 Å². The lowest BCUT2D eigenvalue weighted by Gasteiger charge is -2.26. The van der Waals surface area contributed by atoms with Gasteiger partial charge in [-0.15, -0.1) is 0 Å². The first kappa shape index (κ1) is 11.7. The molecule has 0 saturated carbocycles. The van der Waals surface area contributed by atoms with Crippen molar-refractivity contribution in [2.75, 3.05) is 32.8 Å². The Balaban J connectivity index is 1.79. The van der Waals surface area contributed by atoms with Crippen LogP contribution in [0.1, 0.15) is 12.0 Å². The molecule has 1 saturated heterocycles. The molecule has 1 fully saturated rings. The summed E-state index contributed by atoms with van der Waals surface area (Å²) in [6.07, 6.45) is 0.972. The van der Waals surface area contributed by atoms with Crippen LogP contribution in [-0.2, 0) is 4.74 Å². The van der Waals surface area contributed by atoms with Crippen molar-refractivity contribution in [2.24, 2.45) is 0 Å². The third kappa shape index (κ3) is 3.37. The molecule has 3 heteroatoms. The maximum absolute atomic E-state index is 5.43. The fourth-order valence-corrected chi connectivity index (χ4v) is 2.08. The van der Waals surface area contributed by atoms with Crippen molar-refractivity contribution in [1.82, 2.24) is 4.90 Å². The molecule has 0 bridgehead atoms. The van der Waals surface area contributed by atoms with Crippen LogP contribution in [0.25, 0.3) is 0 Å². The summed E-state index contributed by atoms with van der Waals surface area (Å²) < 4.78 is 5.32. The molecule has 2 nitrogen and oxygen atoms in total. The highest BCUT2D eigenvalue weighted by Gasteiger charge is 2.10. The SMILES string of the molecule is S=C(CCN1CCOCC1)c1ccccc1. The number of thiocarbonyl (C=S) groups is 1. The normalized spacial score (nSPS) is 17.2. The molecule has 0 spiro atoms. The number of hydrogen-bond donors (Lipinski definition) is 0. The smallest absolute Gasteiger partial charge is 0.0594 e. The Morgan fingerprint density at radius 2 is 1.88 bits per heavy atom. The van der Waals surface area contributed by atoms with Crippen molar-refractivity contribution < 1.29 is 4.74 Å². The minimum Gasteiger partial charge on any atom is -0.379 e. The van der Waals surface area contributed by atoms with Gasteiger partial charge in [-0.3, -0.25) is 4.90 Å². The summed E-state index contributed by atoms with van der Waals surface area (Å²) in [6.45, 7) is 4.85. The third-order valence-electron chi connectivity index (χ3n) is 2.85. The standard InChI is InChI=1S/C13H17NOS/c16-13(12-4-2-1-3-5-12)6-7-14-8-10-15-11-9-14/h1-5H,6-11H2. The molecule has 0 radical (unpaired) electrons. The van der Waals surface area contributed by atoms with Crippen LogP contribution in [0.4, 0.5) is 0 Å². The third-order valence-corrected chi connectivity index (χ3v) is 3.29. The van der Waals surface area contributed by atoms with Crippen LogP contribution in [0.2, 0.25) is 0 Å². The van der Waals surface area contributed by atoms with Gasteiger partial charge in [-0.25, -0.2) is 0 Å². The molecule has 16 heavy (non-hydrogen) atoms. The lowest BCUT2D eigenvalue weighted by Crippen LogP contribution is -2.37. The first-order valence-electron chi connectivity index (χ1n) is 5.74. The number of benzene rings is 1. The molecule has 1 heterocycles. The van der Waals surface area contributed by atoms with Gasteiger partial charge in [0.25, 0.3) is 0 Å². The Bertz CT molecular complexity index is 333. The Morgan fingerprint density at radius 3 is 2.56 bits per heavy atom. The molecule has 1 aliphatic rings. The second-order valence-corrected chi connectivity index (χ2v) is 4.49. The predicted molar refractivity (Wildman–Crippen MR) is 70.0 cm³/mol. The van der Waals surface area contributed by atoms with E-state index in [1.807, 2.05) is 18.2 Å². The van der Waals surface area contributed by atoms with Crippen LogP contribution in [0.15, 0.2) is 30.3 Å². The van der Waals surface area contributed by atoms with Crippen molar-refractivity contribution in [3.05, 3.63) is 35.9 Å². The maximum Gasteiger partial charge on any atom is 0.0594 e. The first-order chi connectivity index (χ1) is 7.86. The molecule has 1 aromatic carbocycles. The first-order valence-corrected chi connectivity index (χ1v) is 6.15. The Morgan fingerprint density at radius 1 is 1.19 bits per heavy atom. The second kappa shape index (κ2) is 6.09. The van der Waals surface area contributed by atoms with Gasteiger partial charge in [0.1, 0.15) is 0 Å². The molecular weight excluding hydrogens is 218 g/mol. The predicted octanol–water partition coefficient (Wildman–Crippen LogP) is 2.13. The lowest BCUT2D eigenvalue weighted by atomic mass is 10.1. The molecule has 0 atom stereocenters. The van der Waals surface area contributed by atoms with Gasteiger partial charge in [-0.1, -0.05) is 42.5 Å². The van der Waals surface area contributed by atoms with Crippen LogP contribution in [0, 0.1) is 0 Å². The van der Waals surface area contributed by atoms with Crippen LogP contribution >= 0.6 is 12.2 Å². The van der Waals surface area contributed by atoms with E-state index < -0.39 is 0 Å². The lowest BCUT2D eigenvalue weighted by molar-refractivity contribution is 0.0393. The zero-order valence-corrected chi connectivity index (χ0v) is 10.2. The summed E-state index contributed by atoms with van der Waals surface area (Å²) in [5, 5.41) is 0. The largest absolute Gasteiger partial charge is 0.379 e. The highest BCUT2D eigenvalue weighted by molar-refractivity contribution is 7.80. The maximum atomic E-state index is 5.43. The highest BCUT2D eigenvalue weighted by atomic mass is 32.1. The fraction of sp³-hybridized carbons (Fsp3) is 0.462. The van der Waals surface area contributed by atoms with Gasteiger partial charge >= 0.3 is 0 Å². The van der Waals surface area contributed by atoms with Gasteiger partial charge in [0, 0.05) is 24.5 Å². The summed E-state index contributed by atoms with van der Waals surface area (Å²) >= 11 is 5.43. The monoisotopic (exact) mass is 235 g/mol. The molecule has 0 unspecified atom stereocenters. The van der Waals surface area contributed by atoms with Crippen LogP contribution in [0.3, 0.4) is 0 Å². The van der Waals surface area contributed by atoms with Gasteiger partial charge in [0.15, 0.2) is 0 Å². The zero-order chi connectivity index (χ0) is 11.2. The van der Waals surface area contributed by atoms with Gasteiger partial charge in [0.05, 0.1) is 13.2 Å². The van der Waals surface area contributed by atoms with E-state index in [-0.39, 0.29) is 0 Å². The van der Waals surface area contributed by atoms with Crippen molar-refractivity contribution >= 4 is 17.1 Å². The number of ether oxygens (including phenoxy) is 1. The molecule has 0 amide bonds. The topological polar surface area (TPSA) is 12.5 Å². The van der Waals surface area contributed by atoms with E-state index in [0.29, 0.717) is 0 Å². The van der Waals surface area contributed by atoms with E-state index in [2.05, 4.69) is 17.0 Å². The van der Waals surface area contributed by atoms with Crippen molar-refractivity contribution in [3.63, 3.8) is 0 Å². The minimum atomic E-state index is 0.859. The molecular formula is C13H17NOS. The highest BCUT2D eigenvalue weighted by Crippen LogP contribution is 2.06.